The highest BCUT2D eigenvalue weighted by molar-refractivity contribution is 7.14. The van der Waals surface area contributed by atoms with Crippen LogP contribution in [0.4, 0.5) is 0 Å². The first-order valence-electron chi connectivity index (χ1n) is 4.60. The molecule has 1 N–H and O–H groups in total. The lowest BCUT2D eigenvalue weighted by Gasteiger charge is -1.95. The summed E-state index contributed by atoms with van der Waals surface area (Å²) in [6.45, 7) is 1.81. The van der Waals surface area contributed by atoms with Crippen LogP contribution in [0.5, 0.6) is 0 Å². The molecule has 0 radical (unpaired) electrons. The Morgan fingerprint density at radius 2 is 2.44 bits per heavy atom. The van der Waals surface area contributed by atoms with Crippen LogP contribution in [0.15, 0.2) is 16.0 Å². The molecule has 2 heterocycles. The summed E-state index contributed by atoms with van der Waals surface area (Å²) in [6, 6.07) is 1.70. The van der Waals surface area contributed by atoms with E-state index < -0.39 is 5.97 Å². The maximum Gasteiger partial charge on any atom is 0.341 e. The molecule has 2 aromatic heterocycles. The first-order valence-corrected chi connectivity index (χ1v) is 5.86. The standard InChI is InChI=1S/C10H8ClNO3S/c1-2-6-7(10(13)14)8(12-15-6)9-5(11)3-4-16-9/h3-4H,2H2,1H3,(H,13,14). The average molecular weight is 258 g/mol. The molecule has 0 aromatic carbocycles. The predicted molar refractivity (Wildman–Crippen MR) is 61.2 cm³/mol. The molecule has 0 aliphatic heterocycles. The number of hydrogen-bond acceptors (Lipinski definition) is 4. The number of carbonyl (C=O) groups is 1. The lowest BCUT2D eigenvalue weighted by atomic mass is 10.1. The van der Waals surface area contributed by atoms with Gasteiger partial charge in [-0.3, -0.25) is 0 Å². The van der Waals surface area contributed by atoms with E-state index in [1.54, 1.807) is 11.4 Å². The summed E-state index contributed by atoms with van der Waals surface area (Å²) >= 11 is 7.28. The van der Waals surface area contributed by atoms with Gasteiger partial charge in [0.25, 0.3) is 0 Å². The summed E-state index contributed by atoms with van der Waals surface area (Å²) in [5.41, 5.74) is 0.413. The number of rotatable bonds is 3. The smallest absolute Gasteiger partial charge is 0.341 e. The van der Waals surface area contributed by atoms with Crippen molar-refractivity contribution in [1.29, 1.82) is 0 Å². The minimum Gasteiger partial charge on any atom is -0.477 e. The molecule has 0 aliphatic carbocycles. The van der Waals surface area contributed by atoms with E-state index in [9.17, 15) is 4.79 Å². The number of hydrogen-bond donors (Lipinski definition) is 1. The molecule has 4 nitrogen and oxygen atoms in total. The lowest BCUT2D eigenvalue weighted by molar-refractivity contribution is 0.0695. The van der Waals surface area contributed by atoms with Gasteiger partial charge in [0.15, 0.2) is 5.76 Å². The molecule has 0 amide bonds. The molecule has 6 heteroatoms. The average Bonchev–Trinajstić information content (AvgIpc) is 2.82. The zero-order chi connectivity index (χ0) is 11.7. The van der Waals surface area contributed by atoms with Crippen molar-refractivity contribution in [3.8, 4) is 10.6 Å². The van der Waals surface area contributed by atoms with Crippen LogP contribution in [0.1, 0.15) is 23.0 Å². The molecule has 2 aromatic rings. The highest BCUT2D eigenvalue weighted by Gasteiger charge is 2.24. The van der Waals surface area contributed by atoms with Gasteiger partial charge in [-0.2, -0.15) is 0 Å². The number of halogens is 1. The molecule has 0 saturated carbocycles. The minimum atomic E-state index is -1.04. The number of nitrogens with zero attached hydrogens (tertiary/aromatic N) is 1. The first kappa shape index (κ1) is 11.2. The maximum atomic E-state index is 11.1. The van der Waals surface area contributed by atoms with Crippen LogP contribution in [0.3, 0.4) is 0 Å². The molecule has 84 valence electrons. The normalized spacial score (nSPS) is 10.6. The van der Waals surface area contributed by atoms with Crippen LogP contribution in [0.25, 0.3) is 10.6 Å². The lowest BCUT2D eigenvalue weighted by Crippen LogP contribution is -2.00. The highest BCUT2D eigenvalue weighted by Crippen LogP contribution is 2.35. The van der Waals surface area contributed by atoms with Gasteiger partial charge in [-0.1, -0.05) is 23.7 Å². The van der Waals surface area contributed by atoms with E-state index in [1.165, 1.54) is 11.3 Å². The fourth-order valence-corrected chi connectivity index (χ4v) is 2.54. The van der Waals surface area contributed by atoms with Crippen molar-refractivity contribution in [2.45, 2.75) is 13.3 Å². The quantitative estimate of drug-likeness (QED) is 0.916. The fraction of sp³-hybridized carbons (Fsp3) is 0.200. The van der Waals surface area contributed by atoms with E-state index in [0.29, 0.717) is 27.8 Å². The van der Waals surface area contributed by atoms with Gasteiger partial charge in [0.1, 0.15) is 11.3 Å². The van der Waals surface area contributed by atoms with Gasteiger partial charge in [-0.15, -0.1) is 11.3 Å². The first-order chi connectivity index (χ1) is 7.65. The van der Waals surface area contributed by atoms with Crippen LogP contribution in [0.2, 0.25) is 5.02 Å². The molecular formula is C10H8ClNO3S. The van der Waals surface area contributed by atoms with Crippen molar-refractivity contribution in [1.82, 2.24) is 5.16 Å². The molecule has 0 saturated heterocycles. The Kier molecular flexibility index (Phi) is 2.98. The van der Waals surface area contributed by atoms with Crippen LogP contribution in [-0.4, -0.2) is 16.2 Å². The van der Waals surface area contributed by atoms with Gasteiger partial charge < -0.3 is 9.63 Å². The minimum absolute atomic E-state index is 0.104. The van der Waals surface area contributed by atoms with E-state index in [1.807, 2.05) is 6.92 Å². The van der Waals surface area contributed by atoms with E-state index in [-0.39, 0.29) is 5.56 Å². The highest BCUT2D eigenvalue weighted by atomic mass is 35.5. The number of thiophene rings is 1. The van der Waals surface area contributed by atoms with E-state index in [0.717, 1.165) is 0 Å². The van der Waals surface area contributed by atoms with Crippen LogP contribution < -0.4 is 0 Å². The van der Waals surface area contributed by atoms with Gasteiger partial charge in [0, 0.05) is 6.42 Å². The summed E-state index contributed by atoms with van der Waals surface area (Å²) in [5, 5.41) is 15.2. The second-order valence-electron chi connectivity index (χ2n) is 3.09. The number of carboxylic acids is 1. The molecular weight excluding hydrogens is 250 g/mol. The number of aryl methyl sites for hydroxylation is 1. The van der Waals surface area contributed by atoms with Gasteiger partial charge in [0.05, 0.1) is 9.90 Å². The van der Waals surface area contributed by atoms with Crippen molar-refractivity contribution in [3.05, 3.63) is 27.8 Å². The van der Waals surface area contributed by atoms with E-state index >= 15 is 0 Å². The van der Waals surface area contributed by atoms with Crippen molar-refractivity contribution >= 4 is 28.9 Å². The van der Waals surface area contributed by atoms with Crippen molar-refractivity contribution in [2.24, 2.45) is 0 Å². The molecule has 0 bridgehead atoms. The van der Waals surface area contributed by atoms with E-state index in [2.05, 4.69) is 5.16 Å². The molecule has 2 rings (SSSR count). The van der Waals surface area contributed by atoms with Gasteiger partial charge in [-0.05, 0) is 11.4 Å². The largest absolute Gasteiger partial charge is 0.477 e. The summed E-state index contributed by atoms with van der Waals surface area (Å²) in [4.78, 5) is 11.8. The number of aromatic carboxylic acids is 1. The van der Waals surface area contributed by atoms with Gasteiger partial charge >= 0.3 is 5.97 Å². The second kappa shape index (κ2) is 4.27. The van der Waals surface area contributed by atoms with Crippen molar-refractivity contribution in [3.63, 3.8) is 0 Å². The fourth-order valence-electron chi connectivity index (χ4n) is 1.40. The van der Waals surface area contributed by atoms with Crippen molar-refractivity contribution < 1.29 is 14.4 Å². The van der Waals surface area contributed by atoms with Crippen LogP contribution >= 0.6 is 22.9 Å². The third-order valence-corrected chi connectivity index (χ3v) is 3.48. The molecule has 0 unspecified atom stereocenters. The number of carboxylic acid groups (broad SMARTS) is 1. The summed E-state index contributed by atoms with van der Waals surface area (Å²) < 4.78 is 5.00. The Hall–Kier alpha value is -1.33. The topological polar surface area (TPSA) is 63.3 Å². The molecule has 0 fully saturated rings. The zero-order valence-electron chi connectivity index (χ0n) is 8.36. The molecule has 16 heavy (non-hydrogen) atoms. The van der Waals surface area contributed by atoms with Crippen molar-refractivity contribution in [2.75, 3.05) is 0 Å². The number of aromatic nitrogens is 1. The third kappa shape index (κ3) is 1.72. The van der Waals surface area contributed by atoms with Gasteiger partial charge in [0.2, 0.25) is 0 Å². The van der Waals surface area contributed by atoms with Crippen LogP contribution in [-0.2, 0) is 6.42 Å². The second-order valence-corrected chi connectivity index (χ2v) is 4.41. The molecule has 0 aliphatic rings. The Morgan fingerprint density at radius 1 is 1.69 bits per heavy atom. The monoisotopic (exact) mass is 257 g/mol. The summed E-state index contributed by atoms with van der Waals surface area (Å²) in [5.74, 6) is -0.676. The summed E-state index contributed by atoms with van der Waals surface area (Å²) in [6.07, 6.45) is 0.484. The maximum absolute atomic E-state index is 11.1. The zero-order valence-corrected chi connectivity index (χ0v) is 9.93. The Balaban J connectivity index is 2.62. The van der Waals surface area contributed by atoms with Crippen LogP contribution in [0, 0.1) is 0 Å². The Labute approximate surface area is 100 Å². The molecule has 0 spiro atoms. The molecule has 0 atom stereocenters. The predicted octanol–water partition coefficient (Wildman–Crippen LogP) is 3.32. The van der Waals surface area contributed by atoms with Gasteiger partial charge in [-0.25, -0.2) is 4.79 Å². The summed E-state index contributed by atoms with van der Waals surface area (Å²) in [7, 11) is 0. The Bertz CT molecular complexity index is 532. The third-order valence-electron chi connectivity index (χ3n) is 2.13. The van der Waals surface area contributed by atoms with E-state index in [4.69, 9.17) is 21.2 Å². The SMILES string of the molecule is CCc1onc(-c2sccc2Cl)c1C(=O)O. The Morgan fingerprint density at radius 3 is 2.94 bits per heavy atom.